The third-order valence-corrected chi connectivity index (χ3v) is 5.25. The number of nitrogens with zero attached hydrogens (tertiary/aromatic N) is 1. The molecule has 0 amide bonds. The molecule has 0 bridgehead atoms. The highest BCUT2D eigenvalue weighted by atomic mass is 16.6. The van der Waals surface area contributed by atoms with Crippen molar-refractivity contribution < 1.29 is 14.6 Å². The molecule has 0 spiro atoms. The molecule has 1 fully saturated rings. The Morgan fingerprint density at radius 1 is 1.23 bits per heavy atom. The average Bonchev–Trinajstić information content (AvgIpc) is 3.29. The van der Waals surface area contributed by atoms with Gasteiger partial charge in [-0.3, -0.25) is 4.90 Å². The quantitative estimate of drug-likeness (QED) is 0.883. The smallest absolute Gasteiger partial charge is 0.159 e. The van der Waals surface area contributed by atoms with Gasteiger partial charge >= 0.3 is 0 Å². The molecular weight excluding hydrogens is 278 g/mol. The van der Waals surface area contributed by atoms with Crippen molar-refractivity contribution in [1.82, 2.24) is 4.90 Å². The molecule has 0 saturated heterocycles. The van der Waals surface area contributed by atoms with Crippen molar-refractivity contribution in [1.29, 1.82) is 0 Å². The minimum Gasteiger partial charge on any atom is -0.496 e. The van der Waals surface area contributed by atoms with Crippen LogP contribution in [0.4, 0.5) is 0 Å². The van der Waals surface area contributed by atoms with Gasteiger partial charge in [-0.25, -0.2) is 0 Å². The van der Waals surface area contributed by atoms with Crippen LogP contribution in [0.3, 0.4) is 0 Å². The van der Waals surface area contributed by atoms with E-state index in [1.165, 1.54) is 21.9 Å². The van der Waals surface area contributed by atoms with Crippen LogP contribution in [0.5, 0.6) is 5.75 Å². The number of fused-ring (bicyclic) bond motifs is 5. The van der Waals surface area contributed by atoms with Crippen LogP contribution in [0.25, 0.3) is 10.8 Å². The van der Waals surface area contributed by atoms with E-state index < -0.39 is 6.29 Å². The lowest BCUT2D eigenvalue weighted by atomic mass is 9.92. The van der Waals surface area contributed by atoms with Crippen LogP contribution in [-0.2, 0) is 11.3 Å². The summed E-state index contributed by atoms with van der Waals surface area (Å²) in [5.41, 5.74) is 2.66. The number of rotatable bonds is 3. The third kappa shape index (κ3) is 1.81. The van der Waals surface area contributed by atoms with E-state index in [1.807, 2.05) is 12.1 Å². The SMILES string of the molecule is COc1cccc2ccc3c(c12)CN(C)C1C3C1C(O)OC. The fraction of sp³-hybridized carbons (Fsp3) is 0.444. The summed E-state index contributed by atoms with van der Waals surface area (Å²) in [6.45, 7) is 0.876. The van der Waals surface area contributed by atoms with Crippen molar-refractivity contribution in [3.63, 3.8) is 0 Å². The summed E-state index contributed by atoms with van der Waals surface area (Å²) in [5, 5.41) is 12.5. The number of benzene rings is 2. The molecule has 1 saturated carbocycles. The Balaban J connectivity index is 1.88. The number of aliphatic hydroxyl groups excluding tert-OH is 1. The molecule has 4 unspecified atom stereocenters. The summed E-state index contributed by atoms with van der Waals surface area (Å²) < 4.78 is 10.7. The summed E-state index contributed by atoms with van der Waals surface area (Å²) in [7, 11) is 5.41. The molecule has 22 heavy (non-hydrogen) atoms. The minimum absolute atomic E-state index is 0.156. The maximum Gasteiger partial charge on any atom is 0.159 e. The Hall–Kier alpha value is -1.62. The zero-order valence-electron chi connectivity index (χ0n) is 13.1. The van der Waals surface area contributed by atoms with Crippen LogP contribution < -0.4 is 4.74 Å². The highest BCUT2D eigenvalue weighted by Gasteiger charge is 2.59. The minimum atomic E-state index is -0.697. The lowest BCUT2D eigenvalue weighted by molar-refractivity contribution is -0.0933. The van der Waals surface area contributed by atoms with Gasteiger partial charge < -0.3 is 14.6 Å². The molecule has 2 aromatic rings. The summed E-state index contributed by atoms with van der Waals surface area (Å²) in [6.07, 6.45) is -0.697. The normalized spacial score (nSPS) is 28.1. The van der Waals surface area contributed by atoms with E-state index in [2.05, 4.69) is 30.1 Å². The first-order valence-corrected chi connectivity index (χ1v) is 7.67. The molecule has 1 heterocycles. The highest BCUT2D eigenvalue weighted by Crippen LogP contribution is 2.57. The number of ether oxygens (including phenoxy) is 2. The number of likely N-dealkylation sites (N-methyl/N-ethyl adjacent to an activating group) is 1. The molecule has 1 N–H and O–H groups in total. The van der Waals surface area contributed by atoms with E-state index in [4.69, 9.17) is 9.47 Å². The molecule has 0 aromatic heterocycles. The Labute approximate surface area is 130 Å². The molecule has 1 aliphatic carbocycles. The van der Waals surface area contributed by atoms with Crippen molar-refractivity contribution in [3.05, 3.63) is 41.5 Å². The van der Waals surface area contributed by atoms with Crippen LogP contribution in [0.1, 0.15) is 17.0 Å². The average molecular weight is 299 g/mol. The molecule has 4 nitrogen and oxygen atoms in total. The number of hydrogen-bond acceptors (Lipinski definition) is 4. The van der Waals surface area contributed by atoms with Crippen LogP contribution in [-0.4, -0.2) is 43.6 Å². The second kappa shape index (κ2) is 4.95. The van der Waals surface area contributed by atoms with Crippen molar-refractivity contribution in [2.24, 2.45) is 5.92 Å². The molecular formula is C18H21NO3. The van der Waals surface area contributed by atoms with Crippen molar-refractivity contribution in [2.75, 3.05) is 21.3 Å². The molecule has 2 aliphatic rings. The van der Waals surface area contributed by atoms with Gasteiger partial charge in [-0.2, -0.15) is 0 Å². The van der Waals surface area contributed by atoms with Gasteiger partial charge in [-0.1, -0.05) is 24.3 Å². The second-order valence-electron chi connectivity index (χ2n) is 6.33. The van der Waals surface area contributed by atoms with Crippen molar-refractivity contribution in [3.8, 4) is 5.75 Å². The van der Waals surface area contributed by atoms with E-state index in [9.17, 15) is 5.11 Å². The second-order valence-corrected chi connectivity index (χ2v) is 6.33. The fourth-order valence-corrected chi connectivity index (χ4v) is 4.22. The first-order chi connectivity index (χ1) is 10.7. The highest BCUT2D eigenvalue weighted by molar-refractivity contribution is 5.92. The first kappa shape index (κ1) is 14.0. The third-order valence-electron chi connectivity index (χ3n) is 5.25. The standard InChI is InChI=1S/C18H21NO3/c1-19-9-12-11(15-16(17(15)19)18(20)22-3)8-7-10-5-4-6-13(21-2)14(10)12/h4-8,15-18,20H,9H2,1-3H3. The molecule has 4 rings (SSSR count). The Bertz CT molecular complexity index is 730. The summed E-state index contributed by atoms with van der Waals surface area (Å²) in [5.74, 6) is 1.42. The van der Waals surface area contributed by atoms with Crippen molar-refractivity contribution in [2.45, 2.75) is 24.8 Å². The van der Waals surface area contributed by atoms with E-state index >= 15 is 0 Å². The van der Waals surface area contributed by atoms with Crippen LogP contribution in [0.15, 0.2) is 30.3 Å². The van der Waals surface area contributed by atoms with Gasteiger partial charge in [0.05, 0.1) is 7.11 Å². The Kier molecular flexibility index (Phi) is 3.15. The maximum absolute atomic E-state index is 10.1. The fourth-order valence-electron chi connectivity index (χ4n) is 4.22. The molecule has 4 heteroatoms. The molecule has 2 aromatic carbocycles. The van der Waals surface area contributed by atoms with E-state index in [1.54, 1.807) is 14.2 Å². The molecule has 116 valence electrons. The number of hydrogen-bond donors (Lipinski definition) is 1. The molecule has 0 radical (unpaired) electrons. The lowest BCUT2D eigenvalue weighted by Gasteiger charge is -2.26. The monoisotopic (exact) mass is 299 g/mol. The van der Waals surface area contributed by atoms with Gasteiger partial charge in [0.15, 0.2) is 6.29 Å². The van der Waals surface area contributed by atoms with Gasteiger partial charge in [-0.05, 0) is 29.6 Å². The van der Waals surface area contributed by atoms with Crippen molar-refractivity contribution >= 4 is 10.8 Å². The Morgan fingerprint density at radius 2 is 2.05 bits per heavy atom. The van der Waals surface area contributed by atoms with Gasteiger partial charge in [-0.15, -0.1) is 0 Å². The Morgan fingerprint density at radius 3 is 2.77 bits per heavy atom. The lowest BCUT2D eigenvalue weighted by Crippen LogP contribution is -2.28. The predicted octanol–water partition coefficient (Wildman–Crippen LogP) is 2.34. The summed E-state index contributed by atoms with van der Waals surface area (Å²) in [4.78, 5) is 2.33. The summed E-state index contributed by atoms with van der Waals surface area (Å²) >= 11 is 0. The van der Waals surface area contributed by atoms with Crippen LogP contribution in [0.2, 0.25) is 0 Å². The van der Waals surface area contributed by atoms with Crippen LogP contribution >= 0.6 is 0 Å². The van der Waals surface area contributed by atoms with E-state index in [0.717, 1.165) is 12.3 Å². The van der Waals surface area contributed by atoms with Gasteiger partial charge in [0.2, 0.25) is 0 Å². The summed E-state index contributed by atoms with van der Waals surface area (Å²) in [6, 6.07) is 10.9. The van der Waals surface area contributed by atoms with E-state index in [0.29, 0.717) is 12.0 Å². The van der Waals surface area contributed by atoms with Gasteiger partial charge in [0.25, 0.3) is 0 Å². The first-order valence-electron chi connectivity index (χ1n) is 7.67. The van der Waals surface area contributed by atoms with Crippen LogP contribution in [0, 0.1) is 5.92 Å². The number of aliphatic hydroxyl groups is 1. The largest absolute Gasteiger partial charge is 0.496 e. The zero-order valence-corrected chi connectivity index (χ0v) is 13.1. The molecule has 1 aliphatic heterocycles. The van der Waals surface area contributed by atoms with Gasteiger partial charge in [0.1, 0.15) is 5.75 Å². The topological polar surface area (TPSA) is 41.9 Å². The number of methoxy groups -OCH3 is 2. The predicted molar refractivity (Wildman–Crippen MR) is 85.0 cm³/mol. The zero-order chi connectivity index (χ0) is 15.4. The molecule has 4 atom stereocenters. The van der Waals surface area contributed by atoms with Gasteiger partial charge in [0, 0.05) is 36.9 Å². The maximum atomic E-state index is 10.1. The van der Waals surface area contributed by atoms with E-state index in [-0.39, 0.29) is 5.92 Å².